The Morgan fingerprint density at radius 3 is 2.19 bits per heavy atom. The molecule has 0 heterocycles. The fourth-order valence-corrected chi connectivity index (χ4v) is 1.37. The van der Waals surface area contributed by atoms with E-state index < -0.39 is 24.9 Å². The van der Waals surface area contributed by atoms with Crippen LogP contribution in [0.3, 0.4) is 0 Å². The number of alkyl halides is 6. The van der Waals surface area contributed by atoms with Crippen LogP contribution in [0.15, 0.2) is 24.3 Å². The van der Waals surface area contributed by atoms with Crippen molar-refractivity contribution < 1.29 is 35.9 Å². The van der Waals surface area contributed by atoms with Crippen LogP contribution >= 0.6 is 0 Å². The molecule has 9 heteroatoms. The van der Waals surface area contributed by atoms with E-state index in [1.165, 1.54) is 24.3 Å². The molecule has 0 saturated heterocycles. The van der Waals surface area contributed by atoms with Crippen molar-refractivity contribution in [1.82, 2.24) is 5.32 Å². The van der Waals surface area contributed by atoms with Gasteiger partial charge in [-0.1, -0.05) is 12.1 Å². The smallest absolute Gasteiger partial charge is 0.387 e. The van der Waals surface area contributed by atoms with Crippen molar-refractivity contribution in [2.45, 2.75) is 25.4 Å². The van der Waals surface area contributed by atoms with E-state index in [1.54, 1.807) is 5.32 Å². The third-order valence-electron chi connectivity index (χ3n) is 2.42. The van der Waals surface area contributed by atoms with Crippen LogP contribution in [0.1, 0.15) is 5.56 Å². The lowest BCUT2D eigenvalue weighted by Crippen LogP contribution is -2.45. The molecule has 0 aliphatic carbocycles. The van der Waals surface area contributed by atoms with Gasteiger partial charge >= 0.3 is 19.0 Å². The molecule has 118 valence electrons. The fourth-order valence-electron chi connectivity index (χ4n) is 1.37. The first-order valence-corrected chi connectivity index (χ1v) is 5.71. The number of ether oxygens (including phenoxy) is 1. The highest BCUT2D eigenvalue weighted by Gasteiger charge is 2.48. The van der Waals surface area contributed by atoms with E-state index in [0.717, 1.165) is 0 Å². The first-order valence-electron chi connectivity index (χ1n) is 5.71. The van der Waals surface area contributed by atoms with Gasteiger partial charge in [-0.15, -0.1) is 0 Å². The third kappa shape index (κ3) is 5.16. The lowest BCUT2D eigenvalue weighted by Gasteiger charge is -2.14. The summed E-state index contributed by atoms with van der Waals surface area (Å²) < 4.78 is 76.8. The Kier molecular flexibility index (Phi) is 5.86. The van der Waals surface area contributed by atoms with Gasteiger partial charge in [0.05, 0.1) is 0 Å². The predicted octanol–water partition coefficient (Wildman–Crippen LogP) is 2.85. The Balaban J connectivity index is 2.44. The number of hydrogen-bond donors (Lipinski definition) is 1. The number of carbonyl (C=O) groups excluding carboxylic acids is 1. The molecule has 0 atom stereocenters. The van der Waals surface area contributed by atoms with Gasteiger partial charge in [0, 0.05) is 6.54 Å². The zero-order chi connectivity index (χ0) is 16.0. The molecule has 0 aliphatic heterocycles. The van der Waals surface area contributed by atoms with Crippen LogP contribution in [0.25, 0.3) is 0 Å². The van der Waals surface area contributed by atoms with Crippen molar-refractivity contribution >= 4 is 5.91 Å². The minimum Gasteiger partial charge on any atom is -0.435 e. The van der Waals surface area contributed by atoms with Gasteiger partial charge in [-0.25, -0.2) is 8.78 Å². The first kappa shape index (κ1) is 17.1. The van der Waals surface area contributed by atoms with Crippen LogP contribution in [-0.4, -0.2) is 31.4 Å². The Morgan fingerprint density at radius 1 is 1.14 bits per heavy atom. The maximum absolute atomic E-state index is 12.6. The van der Waals surface area contributed by atoms with Gasteiger partial charge in [0.15, 0.2) is 0 Å². The molecule has 0 fully saturated rings. The molecule has 0 bridgehead atoms. The zero-order valence-corrected chi connectivity index (χ0v) is 10.5. The summed E-state index contributed by atoms with van der Waals surface area (Å²) in [6, 6.07) is 5.23. The van der Waals surface area contributed by atoms with E-state index in [9.17, 15) is 31.1 Å². The summed E-state index contributed by atoms with van der Waals surface area (Å²) in [5, 5.41) is 1.68. The minimum absolute atomic E-state index is 0.0695. The van der Waals surface area contributed by atoms with Crippen LogP contribution in [-0.2, 0) is 11.2 Å². The van der Waals surface area contributed by atoms with Crippen LogP contribution in [0, 0.1) is 0 Å². The van der Waals surface area contributed by atoms with Gasteiger partial charge in [-0.3, -0.25) is 4.79 Å². The maximum Gasteiger partial charge on any atom is 0.387 e. The van der Waals surface area contributed by atoms with Crippen molar-refractivity contribution in [1.29, 1.82) is 0 Å². The second-order valence-corrected chi connectivity index (χ2v) is 3.95. The Hall–Kier alpha value is -1.93. The lowest BCUT2D eigenvalue weighted by molar-refractivity contribution is -0.169. The summed E-state index contributed by atoms with van der Waals surface area (Å²) in [5.41, 5.74) is 0.525. The van der Waals surface area contributed by atoms with E-state index in [1.807, 2.05) is 0 Å². The molecule has 0 radical (unpaired) electrons. The van der Waals surface area contributed by atoms with Crippen molar-refractivity contribution in [2.24, 2.45) is 0 Å². The molecule has 1 aromatic carbocycles. The fraction of sp³-hybridized carbons (Fsp3) is 0.417. The normalized spacial score (nSPS) is 11.8. The van der Waals surface area contributed by atoms with E-state index in [0.29, 0.717) is 5.56 Å². The van der Waals surface area contributed by atoms with Crippen molar-refractivity contribution in [3.05, 3.63) is 29.8 Å². The Morgan fingerprint density at radius 2 is 1.71 bits per heavy atom. The predicted molar refractivity (Wildman–Crippen MR) is 60.7 cm³/mol. The third-order valence-corrected chi connectivity index (χ3v) is 2.42. The van der Waals surface area contributed by atoms with Gasteiger partial charge in [0.2, 0.25) is 0 Å². The van der Waals surface area contributed by atoms with E-state index in [2.05, 4.69) is 4.74 Å². The quantitative estimate of drug-likeness (QED) is 0.786. The summed E-state index contributed by atoms with van der Waals surface area (Å²) in [4.78, 5) is 10.8. The van der Waals surface area contributed by atoms with Gasteiger partial charge in [0.25, 0.3) is 5.91 Å². The second-order valence-electron chi connectivity index (χ2n) is 3.95. The molecule has 1 N–H and O–H groups in total. The highest BCUT2D eigenvalue weighted by Crippen LogP contribution is 2.22. The highest BCUT2D eigenvalue weighted by molar-refractivity contribution is 5.83. The molecule has 3 nitrogen and oxygen atoms in total. The lowest BCUT2D eigenvalue weighted by atomic mass is 10.1. The van der Waals surface area contributed by atoms with E-state index in [4.69, 9.17) is 0 Å². The molecule has 0 spiro atoms. The number of benzene rings is 1. The molecular formula is C12H11F6NO2. The maximum atomic E-state index is 12.6. The largest absolute Gasteiger partial charge is 0.435 e. The SMILES string of the molecule is O=C(NCCc1ccc(OC(F)F)cc1)C(F)(F)C(F)F. The molecule has 0 aromatic heterocycles. The summed E-state index contributed by atoms with van der Waals surface area (Å²) >= 11 is 0. The molecule has 0 aliphatic rings. The van der Waals surface area contributed by atoms with Gasteiger partial charge in [0.1, 0.15) is 5.75 Å². The number of nitrogens with one attached hydrogen (secondary N) is 1. The number of rotatable bonds is 7. The van der Waals surface area contributed by atoms with Crippen molar-refractivity contribution in [3.8, 4) is 5.75 Å². The van der Waals surface area contributed by atoms with Crippen molar-refractivity contribution in [2.75, 3.05) is 6.54 Å². The topological polar surface area (TPSA) is 38.3 Å². The number of halogens is 6. The summed E-state index contributed by atoms with van der Waals surface area (Å²) in [6.45, 7) is -3.26. The monoisotopic (exact) mass is 315 g/mol. The van der Waals surface area contributed by atoms with Crippen LogP contribution in [0.2, 0.25) is 0 Å². The van der Waals surface area contributed by atoms with Gasteiger partial charge in [-0.05, 0) is 24.1 Å². The van der Waals surface area contributed by atoms with Gasteiger partial charge < -0.3 is 10.1 Å². The Labute approximate surface area is 115 Å². The first-order chi connectivity index (χ1) is 9.73. The molecule has 0 unspecified atom stereocenters. The number of hydrogen-bond acceptors (Lipinski definition) is 2. The van der Waals surface area contributed by atoms with E-state index >= 15 is 0 Å². The molecule has 1 rings (SSSR count). The van der Waals surface area contributed by atoms with Crippen LogP contribution in [0.5, 0.6) is 5.75 Å². The number of carbonyl (C=O) groups is 1. The summed E-state index contributed by atoms with van der Waals surface area (Å²) in [7, 11) is 0. The molecule has 21 heavy (non-hydrogen) atoms. The Bertz CT molecular complexity index is 463. The average Bonchev–Trinajstić information content (AvgIpc) is 2.39. The zero-order valence-electron chi connectivity index (χ0n) is 10.5. The second kappa shape index (κ2) is 7.19. The van der Waals surface area contributed by atoms with E-state index in [-0.39, 0.29) is 18.7 Å². The van der Waals surface area contributed by atoms with Crippen LogP contribution < -0.4 is 10.1 Å². The molecule has 1 amide bonds. The molecular weight excluding hydrogens is 304 g/mol. The highest BCUT2D eigenvalue weighted by atomic mass is 19.3. The summed E-state index contributed by atoms with van der Waals surface area (Å²) in [5.74, 6) is -6.88. The van der Waals surface area contributed by atoms with Crippen molar-refractivity contribution in [3.63, 3.8) is 0 Å². The average molecular weight is 315 g/mol. The van der Waals surface area contributed by atoms with Gasteiger partial charge in [-0.2, -0.15) is 17.6 Å². The molecule has 1 aromatic rings. The minimum atomic E-state index is -4.74. The van der Waals surface area contributed by atoms with Crippen LogP contribution in [0.4, 0.5) is 26.3 Å². The summed E-state index contributed by atoms with van der Waals surface area (Å²) in [6.07, 6.45) is -4.01. The molecule has 0 saturated carbocycles. The standard InChI is InChI=1S/C12H11F6NO2/c13-9(14)12(17,18)10(20)19-6-5-7-1-3-8(4-2-7)21-11(15)16/h1-4,9,11H,5-6H2,(H,19,20). The number of amides is 1.